The summed E-state index contributed by atoms with van der Waals surface area (Å²) >= 11 is 3.25. The molecule has 3 nitrogen and oxygen atoms in total. The number of fused-ring (bicyclic) bond motifs is 1. The van der Waals surface area contributed by atoms with E-state index in [1.807, 2.05) is 30.1 Å². The summed E-state index contributed by atoms with van der Waals surface area (Å²) in [6.45, 7) is 2.12. The normalized spacial score (nSPS) is 19.3. The fourth-order valence-corrected chi connectivity index (χ4v) is 3.46. The zero-order valence-electron chi connectivity index (χ0n) is 12.2. The van der Waals surface area contributed by atoms with E-state index >= 15 is 0 Å². The number of rotatable bonds is 3. The van der Waals surface area contributed by atoms with Crippen molar-refractivity contribution in [1.29, 1.82) is 0 Å². The summed E-state index contributed by atoms with van der Waals surface area (Å²) in [5.41, 5.74) is 3.71. The van der Waals surface area contributed by atoms with E-state index in [0.717, 1.165) is 18.4 Å². The molecule has 1 heterocycles. The minimum absolute atomic E-state index is 0.165. The Labute approximate surface area is 132 Å². The molecule has 112 valence electrons. The van der Waals surface area contributed by atoms with Gasteiger partial charge in [-0.1, -0.05) is 6.07 Å². The van der Waals surface area contributed by atoms with Crippen molar-refractivity contribution in [3.8, 4) is 0 Å². The molecule has 3 rings (SSSR count). The number of benzene rings is 1. The number of halogens is 2. The quantitative estimate of drug-likeness (QED) is 0.903. The lowest BCUT2D eigenvalue weighted by Crippen LogP contribution is -2.27. The maximum Gasteiger partial charge on any atom is 0.137 e. The summed E-state index contributed by atoms with van der Waals surface area (Å²) < 4.78 is 15.8. The van der Waals surface area contributed by atoms with Crippen molar-refractivity contribution < 1.29 is 4.39 Å². The van der Waals surface area contributed by atoms with Crippen LogP contribution in [0.5, 0.6) is 0 Å². The molecule has 2 unspecified atom stereocenters. The summed E-state index contributed by atoms with van der Waals surface area (Å²) in [5.74, 6) is -0.224. The monoisotopic (exact) mass is 351 g/mol. The average Bonchev–Trinajstić information content (AvgIpc) is 2.85. The van der Waals surface area contributed by atoms with Crippen LogP contribution < -0.4 is 5.32 Å². The lowest BCUT2D eigenvalue weighted by Gasteiger charge is -2.27. The highest BCUT2D eigenvalue weighted by Crippen LogP contribution is 2.32. The van der Waals surface area contributed by atoms with Gasteiger partial charge in [-0.3, -0.25) is 4.68 Å². The highest BCUT2D eigenvalue weighted by Gasteiger charge is 2.24. The first kappa shape index (κ1) is 14.7. The molecule has 1 aromatic heterocycles. The Hall–Kier alpha value is -1.20. The van der Waals surface area contributed by atoms with Crippen LogP contribution in [0, 0.1) is 5.82 Å². The van der Waals surface area contributed by atoms with Gasteiger partial charge >= 0.3 is 0 Å². The topological polar surface area (TPSA) is 29.9 Å². The molecule has 0 radical (unpaired) electrons. The van der Waals surface area contributed by atoms with Crippen LogP contribution in [-0.2, 0) is 13.5 Å². The molecule has 5 heteroatoms. The maximum absolute atomic E-state index is 13.3. The predicted molar refractivity (Wildman–Crippen MR) is 84.5 cm³/mol. The van der Waals surface area contributed by atoms with E-state index in [1.165, 1.54) is 23.7 Å². The van der Waals surface area contributed by atoms with Gasteiger partial charge in [-0.15, -0.1) is 0 Å². The third-order valence-corrected chi connectivity index (χ3v) is 4.88. The highest BCUT2D eigenvalue weighted by molar-refractivity contribution is 9.10. The number of hydrogen-bond donors (Lipinski definition) is 1. The minimum Gasteiger partial charge on any atom is -0.303 e. The number of nitrogens with zero attached hydrogens (tertiary/aromatic N) is 2. The molecular weight excluding hydrogens is 333 g/mol. The first-order valence-corrected chi connectivity index (χ1v) is 8.07. The molecule has 21 heavy (non-hydrogen) atoms. The third kappa shape index (κ3) is 2.90. The van der Waals surface area contributed by atoms with Crippen LogP contribution >= 0.6 is 15.9 Å². The summed E-state index contributed by atoms with van der Waals surface area (Å²) in [5, 5.41) is 8.03. The maximum atomic E-state index is 13.3. The van der Waals surface area contributed by atoms with Crippen LogP contribution in [0.4, 0.5) is 4.39 Å². The Morgan fingerprint density at radius 1 is 1.48 bits per heavy atom. The molecule has 1 aromatic carbocycles. The molecule has 2 aromatic rings. The third-order valence-electron chi connectivity index (χ3n) is 4.27. The second kappa shape index (κ2) is 5.89. The van der Waals surface area contributed by atoms with E-state index in [0.29, 0.717) is 10.5 Å². The van der Waals surface area contributed by atoms with Crippen LogP contribution in [0.1, 0.15) is 48.7 Å². The van der Waals surface area contributed by atoms with Gasteiger partial charge in [0.2, 0.25) is 0 Å². The van der Waals surface area contributed by atoms with Gasteiger partial charge < -0.3 is 5.32 Å². The van der Waals surface area contributed by atoms with Crippen molar-refractivity contribution in [3.63, 3.8) is 0 Å². The van der Waals surface area contributed by atoms with Gasteiger partial charge in [0, 0.05) is 30.4 Å². The van der Waals surface area contributed by atoms with E-state index in [1.54, 1.807) is 0 Å². The first-order chi connectivity index (χ1) is 10.1. The summed E-state index contributed by atoms with van der Waals surface area (Å²) in [4.78, 5) is 0. The lowest BCUT2D eigenvalue weighted by molar-refractivity contribution is 0.411. The van der Waals surface area contributed by atoms with Crippen LogP contribution in [0.15, 0.2) is 28.9 Å². The smallest absolute Gasteiger partial charge is 0.137 e. The molecule has 0 spiro atoms. The molecule has 0 amide bonds. The van der Waals surface area contributed by atoms with Gasteiger partial charge in [-0.2, -0.15) is 5.10 Å². The second-order valence-corrected chi connectivity index (χ2v) is 6.53. The Kier molecular flexibility index (Phi) is 4.13. The summed E-state index contributed by atoms with van der Waals surface area (Å²) in [6, 6.07) is 5.68. The largest absolute Gasteiger partial charge is 0.303 e. The Balaban J connectivity index is 1.79. The zero-order valence-corrected chi connectivity index (χ0v) is 13.8. The van der Waals surface area contributed by atoms with Gasteiger partial charge in [-0.05, 0) is 59.8 Å². The summed E-state index contributed by atoms with van der Waals surface area (Å²) in [7, 11) is 2.00. The standard InChI is InChI=1S/C16H19BrFN3/c1-10(11-6-7-14(18)13(17)8-11)20-15-4-3-5-16-12(15)9-19-21(16)2/h6-10,15,20H,3-5H2,1-2H3. The van der Waals surface area contributed by atoms with Crippen molar-refractivity contribution in [2.75, 3.05) is 0 Å². The van der Waals surface area contributed by atoms with Gasteiger partial charge in [-0.25, -0.2) is 4.39 Å². The van der Waals surface area contributed by atoms with Gasteiger partial charge in [0.05, 0.1) is 10.7 Å². The number of hydrogen-bond acceptors (Lipinski definition) is 2. The lowest BCUT2D eigenvalue weighted by atomic mass is 9.92. The molecule has 0 saturated heterocycles. The molecular formula is C16H19BrFN3. The van der Waals surface area contributed by atoms with Gasteiger partial charge in [0.25, 0.3) is 0 Å². The number of nitrogens with one attached hydrogen (secondary N) is 1. The Morgan fingerprint density at radius 2 is 2.29 bits per heavy atom. The van der Waals surface area contributed by atoms with Crippen LogP contribution in [0.25, 0.3) is 0 Å². The fourth-order valence-electron chi connectivity index (χ4n) is 3.06. The first-order valence-electron chi connectivity index (χ1n) is 7.28. The predicted octanol–water partition coefficient (Wildman–Crippen LogP) is 4.05. The van der Waals surface area contributed by atoms with E-state index in [9.17, 15) is 4.39 Å². The van der Waals surface area contributed by atoms with Crippen molar-refractivity contribution in [1.82, 2.24) is 15.1 Å². The van der Waals surface area contributed by atoms with E-state index in [4.69, 9.17) is 0 Å². The Morgan fingerprint density at radius 3 is 3.05 bits per heavy atom. The molecule has 0 fully saturated rings. The van der Waals surface area contributed by atoms with Crippen LogP contribution in [-0.4, -0.2) is 9.78 Å². The second-order valence-electron chi connectivity index (χ2n) is 5.68. The van der Waals surface area contributed by atoms with E-state index in [-0.39, 0.29) is 11.9 Å². The van der Waals surface area contributed by atoms with Crippen LogP contribution in [0.3, 0.4) is 0 Å². The number of aryl methyl sites for hydroxylation is 1. The molecule has 0 saturated carbocycles. The highest BCUT2D eigenvalue weighted by atomic mass is 79.9. The molecule has 2 atom stereocenters. The van der Waals surface area contributed by atoms with E-state index in [2.05, 4.69) is 33.3 Å². The van der Waals surface area contributed by atoms with Crippen molar-refractivity contribution in [3.05, 3.63) is 51.5 Å². The van der Waals surface area contributed by atoms with Gasteiger partial charge in [0.1, 0.15) is 5.82 Å². The number of aromatic nitrogens is 2. The molecule has 1 aliphatic rings. The van der Waals surface area contributed by atoms with Crippen LogP contribution in [0.2, 0.25) is 0 Å². The minimum atomic E-state index is -0.224. The zero-order chi connectivity index (χ0) is 15.0. The molecule has 0 aliphatic heterocycles. The average molecular weight is 352 g/mol. The fraction of sp³-hybridized carbons (Fsp3) is 0.438. The molecule has 0 bridgehead atoms. The molecule has 1 aliphatic carbocycles. The van der Waals surface area contributed by atoms with Gasteiger partial charge in [0.15, 0.2) is 0 Å². The SMILES string of the molecule is CC(NC1CCCc2c1cnn2C)c1ccc(F)c(Br)c1. The van der Waals surface area contributed by atoms with Crippen molar-refractivity contribution >= 4 is 15.9 Å². The Bertz CT molecular complexity index is 653. The molecule has 1 N–H and O–H groups in total. The summed E-state index contributed by atoms with van der Waals surface area (Å²) in [6.07, 6.45) is 5.36. The van der Waals surface area contributed by atoms with E-state index < -0.39 is 0 Å². The van der Waals surface area contributed by atoms with Crippen molar-refractivity contribution in [2.24, 2.45) is 7.05 Å². The van der Waals surface area contributed by atoms with Crippen molar-refractivity contribution in [2.45, 2.75) is 38.3 Å².